The van der Waals surface area contributed by atoms with Crippen molar-refractivity contribution in [3.8, 4) is 0 Å². The summed E-state index contributed by atoms with van der Waals surface area (Å²) in [6.07, 6.45) is 1.99. The summed E-state index contributed by atoms with van der Waals surface area (Å²) in [6.45, 7) is 1.27. The molecule has 0 heterocycles. The fraction of sp³-hybridized carbons (Fsp3) is 0.350. The molecule has 0 aromatic heterocycles. The Labute approximate surface area is 186 Å². The molecule has 0 radical (unpaired) electrons. The molecule has 0 amide bonds. The minimum atomic E-state index is -0.277. The zero-order valence-electron chi connectivity index (χ0n) is 16.2. The number of rotatable bonds is 8. The third kappa shape index (κ3) is 7.56. The van der Waals surface area contributed by atoms with Crippen LogP contribution < -0.4 is 10.6 Å². The number of hydrogen-bond donors (Lipinski definition) is 2. The number of hydrogen-bond acceptors (Lipinski definition) is 3. The first kappa shape index (κ1) is 24.6. The molecule has 2 rings (SSSR count). The largest absolute Gasteiger partial charge is 0.380 e. The molecule has 0 saturated carbocycles. The Bertz CT molecular complexity index is 790. The molecular formula is C20H26F2IN3OS. The van der Waals surface area contributed by atoms with Crippen LogP contribution >= 0.6 is 35.7 Å². The van der Waals surface area contributed by atoms with Crippen molar-refractivity contribution >= 4 is 41.7 Å². The van der Waals surface area contributed by atoms with Gasteiger partial charge in [0.05, 0.1) is 6.61 Å². The van der Waals surface area contributed by atoms with Gasteiger partial charge in [-0.3, -0.25) is 4.99 Å². The molecule has 0 saturated heterocycles. The van der Waals surface area contributed by atoms with Crippen molar-refractivity contribution in [2.45, 2.75) is 25.4 Å². The van der Waals surface area contributed by atoms with Crippen LogP contribution in [0.1, 0.15) is 22.3 Å². The van der Waals surface area contributed by atoms with Gasteiger partial charge >= 0.3 is 0 Å². The number of thioether (sulfide) groups is 1. The van der Waals surface area contributed by atoms with E-state index < -0.39 is 0 Å². The fourth-order valence-corrected chi connectivity index (χ4v) is 3.23. The van der Waals surface area contributed by atoms with Gasteiger partial charge in [0.1, 0.15) is 11.6 Å². The first-order valence-corrected chi connectivity index (χ1v) is 9.93. The minimum Gasteiger partial charge on any atom is -0.380 e. The monoisotopic (exact) mass is 521 g/mol. The van der Waals surface area contributed by atoms with E-state index >= 15 is 0 Å². The molecule has 0 fully saturated rings. The van der Waals surface area contributed by atoms with Gasteiger partial charge in [-0.2, -0.15) is 11.8 Å². The van der Waals surface area contributed by atoms with Crippen molar-refractivity contribution in [3.63, 3.8) is 0 Å². The Morgan fingerprint density at radius 2 is 1.79 bits per heavy atom. The Morgan fingerprint density at radius 3 is 2.46 bits per heavy atom. The van der Waals surface area contributed by atoms with Gasteiger partial charge in [-0.1, -0.05) is 12.1 Å². The molecule has 154 valence electrons. The predicted molar refractivity (Wildman–Crippen MR) is 123 cm³/mol. The molecule has 0 aliphatic heterocycles. The van der Waals surface area contributed by atoms with Crippen LogP contribution in [0.2, 0.25) is 0 Å². The van der Waals surface area contributed by atoms with Gasteiger partial charge in [0.2, 0.25) is 0 Å². The Hall–Kier alpha value is -1.39. The van der Waals surface area contributed by atoms with Gasteiger partial charge < -0.3 is 15.4 Å². The van der Waals surface area contributed by atoms with Crippen LogP contribution in [0.4, 0.5) is 8.78 Å². The van der Waals surface area contributed by atoms with Gasteiger partial charge in [0, 0.05) is 38.6 Å². The molecule has 0 aliphatic carbocycles. The number of nitrogens with zero attached hydrogens (tertiary/aromatic N) is 1. The molecule has 0 bridgehead atoms. The summed E-state index contributed by atoms with van der Waals surface area (Å²) in [4.78, 5) is 4.20. The van der Waals surface area contributed by atoms with Gasteiger partial charge in [0.25, 0.3) is 0 Å². The highest BCUT2D eigenvalue weighted by Gasteiger charge is 2.07. The van der Waals surface area contributed by atoms with E-state index in [-0.39, 0.29) is 42.2 Å². The van der Waals surface area contributed by atoms with Crippen molar-refractivity contribution < 1.29 is 13.5 Å². The van der Waals surface area contributed by atoms with Crippen molar-refractivity contribution in [1.29, 1.82) is 0 Å². The molecule has 0 aliphatic rings. The minimum absolute atomic E-state index is 0. The normalized spacial score (nSPS) is 11.1. The third-order valence-electron chi connectivity index (χ3n) is 4.01. The van der Waals surface area contributed by atoms with E-state index in [4.69, 9.17) is 4.74 Å². The van der Waals surface area contributed by atoms with Crippen molar-refractivity contribution in [1.82, 2.24) is 10.6 Å². The maximum Gasteiger partial charge on any atom is 0.191 e. The van der Waals surface area contributed by atoms with Crippen LogP contribution in [-0.4, -0.2) is 26.4 Å². The van der Waals surface area contributed by atoms with Crippen LogP contribution in [0.25, 0.3) is 0 Å². The lowest BCUT2D eigenvalue weighted by atomic mass is 10.1. The average Bonchev–Trinajstić information content (AvgIpc) is 2.66. The number of aliphatic imine (C=N–C) groups is 1. The molecule has 0 spiro atoms. The summed E-state index contributed by atoms with van der Waals surface area (Å²) in [6, 6.07) is 9.76. The highest BCUT2D eigenvalue weighted by molar-refractivity contribution is 14.0. The van der Waals surface area contributed by atoms with Gasteiger partial charge in [-0.05, 0) is 47.2 Å². The molecule has 2 aromatic carbocycles. The van der Waals surface area contributed by atoms with Gasteiger partial charge in [-0.15, -0.1) is 24.0 Å². The third-order valence-corrected chi connectivity index (χ3v) is 4.61. The Morgan fingerprint density at radius 1 is 1.04 bits per heavy atom. The van der Waals surface area contributed by atoms with E-state index in [9.17, 15) is 8.78 Å². The summed E-state index contributed by atoms with van der Waals surface area (Å²) in [5.41, 5.74) is 3.44. The molecular weight excluding hydrogens is 495 g/mol. The van der Waals surface area contributed by atoms with Gasteiger partial charge in [0.15, 0.2) is 5.96 Å². The van der Waals surface area contributed by atoms with Gasteiger partial charge in [-0.25, -0.2) is 8.78 Å². The smallest absolute Gasteiger partial charge is 0.191 e. The summed E-state index contributed by atoms with van der Waals surface area (Å²) in [5.74, 6) is 0.861. The number of ether oxygens (including phenoxy) is 1. The summed E-state index contributed by atoms with van der Waals surface area (Å²) in [7, 11) is 3.22. The zero-order chi connectivity index (χ0) is 19.6. The maximum atomic E-state index is 13.7. The molecule has 8 heteroatoms. The van der Waals surface area contributed by atoms with Crippen LogP contribution in [0.3, 0.4) is 0 Å². The molecule has 4 nitrogen and oxygen atoms in total. The van der Waals surface area contributed by atoms with E-state index in [0.717, 1.165) is 22.4 Å². The van der Waals surface area contributed by atoms with Crippen molar-refractivity contribution in [3.05, 3.63) is 70.3 Å². The summed E-state index contributed by atoms with van der Waals surface area (Å²) >= 11 is 1.65. The average molecular weight is 521 g/mol. The second-order valence-corrected chi connectivity index (χ2v) is 6.85. The van der Waals surface area contributed by atoms with E-state index in [1.54, 1.807) is 43.1 Å². The highest BCUT2D eigenvalue weighted by atomic mass is 127. The first-order chi connectivity index (χ1) is 13.1. The predicted octanol–water partition coefficient (Wildman–Crippen LogP) is 4.46. The number of guanidine groups is 1. The SMILES string of the molecule is CN=C(NCc1ccc(F)c(COC)c1)NCc1ccc(F)cc1CSC.I. The van der Waals surface area contributed by atoms with E-state index in [0.29, 0.717) is 24.6 Å². The molecule has 0 unspecified atom stereocenters. The number of nitrogens with one attached hydrogen (secondary N) is 2. The molecule has 2 aromatic rings. The topological polar surface area (TPSA) is 45.7 Å². The van der Waals surface area contributed by atoms with Crippen molar-refractivity contribution in [2.24, 2.45) is 4.99 Å². The maximum absolute atomic E-state index is 13.7. The summed E-state index contributed by atoms with van der Waals surface area (Å²) < 4.78 is 32.2. The number of methoxy groups -OCH3 is 1. The lowest BCUT2D eigenvalue weighted by molar-refractivity contribution is 0.181. The van der Waals surface area contributed by atoms with E-state index in [1.165, 1.54) is 19.2 Å². The fourth-order valence-electron chi connectivity index (χ4n) is 2.65. The standard InChI is InChI=1S/C20H25F2N3OS.HI/c1-23-20(24-10-14-4-7-19(22)16(8-14)12-26-2)25-11-15-5-6-18(21)9-17(15)13-27-3;/h4-9H,10-13H2,1-3H3,(H2,23,24,25);1H. The Kier molecular flexibility index (Phi) is 11.4. The molecule has 28 heavy (non-hydrogen) atoms. The lowest BCUT2D eigenvalue weighted by Crippen LogP contribution is -2.36. The zero-order valence-corrected chi connectivity index (χ0v) is 19.4. The first-order valence-electron chi connectivity index (χ1n) is 8.54. The summed E-state index contributed by atoms with van der Waals surface area (Å²) in [5, 5.41) is 6.44. The molecule has 0 atom stereocenters. The number of halogens is 3. The van der Waals surface area contributed by atoms with Crippen LogP contribution in [0, 0.1) is 11.6 Å². The van der Waals surface area contributed by atoms with E-state index in [2.05, 4.69) is 15.6 Å². The Balaban J connectivity index is 0.00000392. The number of benzene rings is 2. The second-order valence-electron chi connectivity index (χ2n) is 5.98. The van der Waals surface area contributed by atoms with Crippen LogP contribution in [0.5, 0.6) is 0 Å². The van der Waals surface area contributed by atoms with E-state index in [1.807, 2.05) is 6.26 Å². The van der Waals surface area contributed by atoms with Crippen molar-refractivity contribution in [2.75, 3.05) is 20.4 Å². The molecule has 2 N–H and O–H groups in total. The quantitative estimate of drug-likeness (QED) is 0.306. The second kappa shape index (κ2) is 12.9. The lowest BCUT2D eigenvalue weighted by Gasteiger charge is -2.15. The highest BCUT2D eigenvalue weighted by Crippen LogP contribution is 2.16. The van der Waals surface area contributed by atoms with Crippen LogP contribution in [0.15, 0.2) is 41.4 Å². The van der Waals surface area contributed by atoms with Crippen LogP contribution in [-0.2, 0) is 30.2 Å².